The molecule has 1 amide bonds. The van der Waals surface area contributed by atoms with E-state index in [1.165, 1.54) is 31.2 Å². The van der Waals surface area contributed by atoms with Crippen LogP contribution in [0.15, 0.2) is 77.6 Å². The highest BCUT2D eigenvalue weighted by atomic mass is 35.5. The SMILES string of the molecule is C=CC(=O)N1C[C@H](C)N(C2=NS(=O)(=O)N(c3ccccc3C(C)(C)C)c3nc(C(/C(F)=C\C)=C(\N)C=C)c(Cl)cc32)C[C@H]1C. The average Bonchev–Trinajstić information content (AvgIpc) is 2.97. The molecule has 12 heteroatoms. The molecule has 0 aliphatic carbocycles. The molecular formula is C32H38ClFN6O3S. The Morgan fingerprint density at radius 3 is 2.39 bits per heavy atom. The van der Waals surface area contributed by atoms with E-state index < -0.39 is 21.5 Å². The first-order chi connectivity index (χ1) is 20.6. The zero-order valence-corrected chi connectivity index (χ0v) is 27.4. The van der Waals surface area contributed by atoms with Crippen LogP contribution in [0.2, 0.25) is 5.02 Å². The van der Waals surface area contributed by atoms with Crippen LogP contribution in [0, 0.1) is 0 Å². The average molecular weight is 641 g/mol. The van der Waals surface area contributed by atoms with Crippen molar-refractivity contribution in [2.24, 2.45) is 10.1 Å². The molecule has 1 aromatic heterocycles. The lowest BCUT2D eigenvalue weighted by molar-refractivity contribution is -0.130. The molecular weight excluding hydrogens is 603 g/mol. The molecule has 2 atom stereocenters. The minimum absolute atomic E-state index is 0.00573. The van der Waals surface area contributed by atoms with E-state index in [2.05, 4.69) is 17.6 Å². The van der Waals surface area contributed by atoms with Gasteiger partial charge in [-0.25, -0.2) is 13.7 Å². The number of nitrogens with two attached hydrogens (primary N) is 1. The molecule has 1 saturated heterocycles. The van der Waals surface area contributed by atoms with Gasteiger partial charge in [-0.05, 0) is 56.0 Å². The number of nitrogens with zero attached hydrogens (tertiary/aromatic N) is 5. The van der Waals surface area contributed by atoms with E-state index in [0.29, 0.717) is 17.8 Å². The summed E-state index contributed by atoms with van der Waals surface area (Å²) >= 11 is 6.79. The fourth-order valence-electron chi connectivity index (χ4n) is 5.49. The van der Waals surface area contributed by atoms with E-state index in [1.54, 1.807) is 17.0 Å². The number of rotatable bonds is 5. The number of hydrogen-bond donors (Lipinski definition) is 1. The molecule has 2 aliphatic heterocycles. The normalized spacial score (nSPS) is 20.9. The van der Waals surface area contributed by atoms with Crippen LogP contribution in [0.25, 0.3) is 5.57 Å². The second kappa shape index (κ2) is 12.2. The van der Waals surface area contributed by atoms with Gasteiger partial charge in [-0.2, -0.15) is 8.42 Å². The lowest BCUT2D eigenvalue weighted by atomic mass is 9.86. The maximum Gasteiger partial charge on any atom is 0.352 e. The summed E-state index contributed by atoms with van der Waals surface area (Å²) in [7, 11) is -4.45. The van der Waals surface area contributed by atoms with Crippen molar-refractivity contribution < 1.29 is 17.6 Å². The molecule has 2 aromatic rings. The molecule has 0 radical (unpaired) electrons. The molecule has 2 N–H and O–H groups in total. The Kier molecular flexibility index (Phi) is 9.14. The Balaban J connectivity index is 2.06. The van der Waals surface area contributed by atoms with Gasteiger partial charge in [-0.15, -0.1) is 4.40 Å². The first-order valence-electron chi connectivity index (χ1n) is 14.2. The van der Waals surface area contributed by atoms with Crippen LogP contribution in [0.1, 0.15) is 58.4 Å². The van der Waals surface area contributed by atoms with Crippen molar-refractivity contribution in [3.05, 3.63) is 95.1 Å². The standard InChI is InChI=1S/C32H38ClFN6O3S/c1-9-24(34)28(25(35)10-2)29-23(33)16-21-30(36-29)40(26-15-13-12-14-22(26)32(6,7)8)44(42,43)37-31(21)39-18-19(4)38(17-20(39)5)27(41)11-3/h9-16,19-20H,2-3,17-18,35H2,1,4-8H3/b24-9+,28-25-/t19-,20+/m1/s1. The van der Waals surface area contributed by atoms with Gasteiger partial charge in [0.1, 0.15) is 5.83 Å². The number of piperazine rings is 1. The summed E-state index contributed by atoms with van der Waals surface area (Å²) in [6, 6.07) is 8.03. The maximum absolute atomic E-state index is 15.3. The maximum atomic E-state index is 15.3. The monoisotopic (exact) mass is 640 g/mol. The van der Waals surface area contributed by atoms with Crippen LogP contribution in [-0.4, -0.2) is 60.1 Å². The van der Waals surface area contributed by atoms with Crippen molar-refractivity contribution in [2.45, 2.75) is 59.0 Å². The van der Waals surface area contributed by atoms with E-state index in [-0.39, 0.29) is 58.2 Å². The summed E-state index contributed by atoms with van der Waals surface area (Å²) in [4.78, 5) is 20.8. The number of para-hydroxylation sites is 1. The number of amides is 1. The molecule has 3 heterocycles. The van der Waals surface area contributed by atoms with E-state index in [9.17, 15) is 13.2 Å². The number of halogens is 2. The Morgan fingerprint density at radius 1 is 1.14 bits per heavy atom. The molecule has 0 saturated carbocycles. The number of hydrogen-bond acceptors (Lipinski definition) is 6. The number of fused-ring (bicyclic) bond motifs is 1. The van der Waals surface area contributed by atoms with Gasteiger partial charge in [0.05, 0.1) is 27.5 Å². The Hall–Kier alpha value is -3.96. The number of carbonyl (C=O) groups excluding carboxylic acids is 1. The highest BCUT2D eigenvalue weighted by Gasteiger charge is 2.42. The topological polar surface area (TPSA) is 112 Å². The number of benzene rings is 1. The van der Waals surface area contributed by atoms with Gasteiger partial charge in [-0.1, -0.05) is 69.8 Å². The molecule has 2 aliphatic rings. The van der Waals surface area contributed by atoms with Gasteiger partial charge in [0, 0.05) is 30.9 Å². The van der Waals surface area contributed by atoms with Crippen molar-refractivity contribution in [1.82, 2.24) is 14.8 Å². The summed E-state index contributed by atoms with van der Waals surface area (Å²) in [5, 5.41) is 0.0396. The molecule has 0 spiro atoms. The quantitative estimate of drug-likeness (QED) is 0.316. The molecule has 234 valence electrons. The molecule has 1 aromatic carbocycles. The van der Waals surface area contributed by atoms with Crippen molar-refractivity contribution in [3.63, 3.8) is 0 Å². The number of carbonyl (C=O) groups is 1. The zero-order chi connectivity index (χ0) is 32.7. The predicted octanol–water partition coefficient (Wildman–Crippen LogP) is 6.01. The minimum atomic E-state index is -4.45. The lowest BCUT2D eigenvalue weighted by Crippen LogP contribution is -2.60. The zero-order valence-electron chi connectivity index (χ0n) is 25.8. The van der Waals surface area contributed by atoms with Crippen LogP contribution in [-0.2, 0) is 20.4 Å². The van der Waals surface area contributed by atoms with E-state index in [4.69, 9.17) is 22.3 Å². The molecule has 9 nitrogen and oxygen atoms in total. The molecule has 4 rings (SSSR count). The van der Waals surface area contributed by atoms with E-state index in [1.807, 2.05) is 51.7 Å². The van der Waals surface area contributed by atoms with Crippen LogP contribution in [0.3, 0.4) is 0 Å². The minimum Gasteiger partial charge on any atom is -0.398 e. The van der Waals surface area contributed by atoms with Crippen LogP contribution >= 0.6 is 11.6 Å². The number of allylic oxidation sites excluding steroid dienone is 4. The van der Waals surface area contributed by atoms with E-state index >= 15 is 4.39 Å². The van der Waals surface area contributed by atoms with Gasteiger partial charge in [-0.3, -0.25) is 4.79 Å². The number of aromatic nitrogens is 1. The third-order valence-corrected chi connectivity index (χ3v) is 9.23. The molecule has 0 bridgehead atoms. The third-order valence-electron chi connectivity index (χ3n) is 7.71. The van der Waals surface area contributed by atoms with Crippen LogP contribution in [0.5, 0.6) is 0 Å². The fourth-order valence-corrected chi connectivity index (χ4v) is 7.01. The lowest BCUT2D eigenvalue weighted by Gasteiger charge is -2.46. The summed E-state index contributed by atoms with van der Waals surface area (Å²) in [6.07, 6.45) is 3.75. The fraction of sp³-hybridized carbons (Fsp3) is 0.344. The second-order valence-electron chi connectivity index (χ2n) is 11.8. The summed E-state index contributed by atoms with van der Waals surface area (Å²) in [6.45, 7) is 19.0. The number of amidine groups is 1. The van der Waals surface area contributed by atoms with Gasteiger partial charge >= 0.3 is 10.2 Å². The highest BCUT2D eigenvalue weighted by Crippen LogP contribution is 2.44. The molecule has 44 heavy (non-hydrogen) atoms. The smallest absolute Gasteiger partial charge is 0.352 e. The summed E-state index contributed by atoms with van der Waals surface area (Å²) in [5.41, 5.74) is 6.93. The molecule has 0 unspecified atom stereocenters. The van der Waals surface area contributed by atoms with Crippen LogP contribution < -0.4 is 10.0 Å². The van der Waals surface area contributed by atoms with Gasteiger partial charge < -0.3 is 15.5 Å². The third kappa shape index (κ3) is 5.90. The van der Waals surface area contributed by atoms with Gasteiger partial charge in [0.25, 0.3) is 0 Å². The summed E-state index contributed by atoms with van der Waals surface area (Å²) < 4.78 is 49.2. The summed E-state index contributed by atoms with van der Waals surface area (Å²) in [5.74, 6) is -0.790. The first-order valence-corrected chi connectivity index (χ1v) is 15.9. The van der Waals surface area contributed by atoms with Crippen molar-refractivity contribution in [3.8, 4) is 0 Å². The number of pyridine rings is 1. The Labute approximate surface area is 264 Å². The van der Waals surface area contributed by atoms with Crippen molar-refractivity contribution in [1.29, 1.82) is 0 Å². The van der Waals surface area contributed by atoms with Gasteiger partial charge in [0.2, 0.25) is 5.91 Å². The van der Waals surface area contributed by atoms with Crippen molar-refractivity contribution in [2.75, 3.05) is 17.4 Å². The largest absolute Gasteiger partial charge is 0.398 e. The van der Waals surface area contributed by atoms with Gasteiger partial charge in [0.15, 0.2) is 11.7 Å². The predicted molar refractivity (Wildman–Crippen MR) is 176 cm³/mol. The molecule has 1 fully saturated rings. The first kappa shape index (κ1) is 32.9. The van der Waals surface area contributed by atoms with E-state index in [0.717, 1.165) is 9.87 Å². The van der Waals surface area contributed by atoms with Crippen LogP contribution in [0.4, 0.5) is 15.9 Å². The van der Waals surface area contributed by atoms with Crippen molar-refractivity contribution >= 4 is 50.6 Å². The number of anilines is 2. The second-order valence-corrected chi connectivity index (χ2v) is 13.7. The highest BCUT2D eigenvalue weighted by molar-refractivity contribution is 7.92. The Morgan fingerprint density at radius 2 is 1.80 bits per heavy atom. The Bertz CT molecular complexity index is 1730.